The fourth-order valence-corrected chi connectivity index (χ4v) is 1.66. The van der Waals surface area contributed by atoms with E-state index in [1.54, 1.807) is 6.07 Å². The molecule has 1 N–H and O–H groups in total. The molecule has 0 aliphatic carbocycles. The molecule has 0 amide bonds. The van der Waals surface area contributed by atoms with E-state index in [1.807, 2.05) is 31.2 Å². The predicted octanol–water partition coefficient (Wildman–Crippen LogP) is 4.20. The van der Waals surface area contributed by atoms with Gasteiger partial charge in [-0.3, -0.25) is 0 Å². The summed E-state index contributed by atoms with van der Waals surface area (Å²) in [6, 6.07) is 5.54. The van der Waals surface area contributed by atoms with Crippen molar-refractivity contribution in [2.24, 2.45) is 0 Å². The molecule has 0 aliphatic heterocycles. The van der Waals surface area contributed by atoms with Gasteiger partial charge in [0.1, 0.15) is 0 Å². The van der Waals surface area contributed by atoms with Crippen molar-refractivity contribution in [3.05, 3.63) is 52.6 Å². The van der Waals surface area contributed by atoms with Gasteiger partial charge in [0.05, 0.1) is 6.61 Å². The lowest BCUT2D eigenvalue weighted by molar-refractivity contribution is 0.281. The second-order valence-electron chi connectivity index (χ2n) is 3.65. The van der Waals surface area contributed by atoms with Crippen LogP contribution >= 0.6 is 11.6 Å². The molecule has 0 spiro atoms. The largest absolute Gasteiger partial charge is 0.392 e. The van der Waals surface area contributed by atoms with Crippen molar-refractivity contribution in [2.45, 2.75) is 26.9 Å². The van der Waals surface area contributed by atoms with E-state index in [1.165, 1.54) is 0 Å². The minimum Gasteiger partial charge on any atom is -0.392 e. The second kappa shape index (κ2) is 6.51. The average molecular weight is 237 g/mol. The Bertz CT molecular complexity index is 405. The van der Waals surface area contributed by atoms with Gasteiger partial charge in [0, 0.05) is 5.02 Å². The van der Waals surface area contributed by atoms with Crippen LogP contribution in [0.3, 0.4) is 0 Å². The van der Waals surface area contributed by atoms with E-state index < -0.39 is 0 Å². The number of hydrogen-bond donors (Lipinski definition) is 1. The summed E-state index contributed by atoms with van der Waals surface area (Å²) in [5.41, 5.74) is 3.02. The van der Waals surface area contributed by atoms with Crippen LogP contribution in [-0.4, -0.2) is 5.11 Å². The van der Waals surface area contributed by atoms with Crippen molar-refractivity contribution in [3.8, 4) is 0 Å². The molecule has 0 aromatic heterocycles. The molecule has 0 radical (unpaired) electrons. The van der Waals surface area contributed by atoms with Gasteiger partial charge in [0.25, 0.3) is 0 Å². The zero-order chi connectivity index (χ0) is 12.0. The van der Waals surface area contributed by atoms with Gasteiger partial charge in [-0.1, -0.05) is 42.8 Å². The number of benzene rings is 1. The second-order valence-corrected chi connectivity index (χ2v) is 4.08. The number of rotatable bonds is 4. The van der Waals surface area contributed by atoms with E-state index in [0.29, 0.717) is 5.02 Å². The molecule has 1 rings (SSSR count). The summed E-state index contributed by atoms with van der Waals surface area (Å²) < 4.78 is 0. The van der Waals surface area contributed by atoms with Crippen LogP contribution in [-0.2, 0) is 6.61 Å². The molecule has 0 fully saturated rings. The molecule has 0 aliphatic rings. The van der Waals surface area contributed by atoms with Crippen LogP contribution in [0, 0.1) is 0 Å². The Hall–Kier alpha value is -1.05. The van der Waals surface area contributed by atoms with Crippen molar-refractivity contribution in [1.82, 2.24) is 0 Å². The summed E-state index contributed by atoms with van der Waals surface area (Å²) in [6.45, 7) is 4.15. The van der Waals surface area contributed by atoms with Crippen LogP contribution < -0.4 is 0 Å². The lowest BCUT2D eigenvalue weighted by Gasteiger charge is -2.07. The maximum absolute atomic E-state index is 9.24. The SMILES string of the molecule is CC/C=C\C=C(/C)c1cc(Cl)ccc1CO. The highest BCUT2D eigenvalue weighted by Crippen LogP contribution is 2.23. The maximum atomic E-state index is 9.24. The average Bonchev–Trinajstić information content (AvgIpc) is 2.29. The molecule has 0 bridgehead atoms. The molecular formula is C14H17ClO. The molecule has 16 heavy (non-hydrogen) atoms. The van der Waals surface area contributed by atoms with E-state index in [2.05, 4.69) is 13.0 Å². The first-order chi connectivity index (χ1) is 7.69. The highest BCUT2D eigenvalue weighted by molar-refractivity contribution is 6.30. The third-order valence-electron chi connectivity index (χ3n) is 2.39. The zero-order valence-electron chi connectivity index (χ0n) is 9.70. The molecule has 86 valence electrons. The van der Waals surface area contributed by atoms with E-state index in [0.717, 1.165) is 23.1 Å². The summed E-state index contributed by atoms with van der Waals surface area (Å²) in [6.07, 6.45) is 7.17. The smallest absolute Gasteiger partial charge is 0.0687 e. The first-order valence-electron chi connectivity index (χ1n) is 5.42. The molecule has 0 unspecified atom stereocenters. The molecule has 1 aromatic rings. The van der Waals surface area contributed by atoms with Gasteiger partial charge < -0.3 is 5.11 Å². The third-order valence-corrected chi connectivity index (χ3v) is 2.62. The van der Waals surface area contributed by atoms with Crippen molar-refractivity contribution < 1.29 is 5.11 Å². The molecule has 1 aromatic carbocycles. The van der Waals surface area contributed by atoms with Crippen LogP contribution in [0.25, 0.3) is 5.57 Å². The Balaban J connectivity index is 3.05. The minimum atomic E-state index is 0.0369. The summed E-state index contributed by atoms with van der Waals surface area (Å²) >= 11 is 5.95. The summed E-state index contributed by atoms with van der Waals surface area (Å²) in [5.74, 6) is 0. The van der Waals surface area contributed by atoms with Crippen LogP contribution in [0.2, 0.25) is 5.02 Å². The third kappa shape index (κ3) is 3.51. The summed E-state index contributed by atoms with van der Waals surface area (Å²) in [5, 5.41) is 9.94. The van der Waals surface area contributed by atoms with Crippen LogP contribution in [0.15, 0.2) is 36.4 Å². The molecule has 2 heteroatoms. The quantitative estimate of drug-likeness (QED) is 0.777. The topological polar surface area (TPSA) is 20.2 Å². The van der Waals surface area contributed by atoms with Gasteiger partial charge >= 0.3 is 0 Å². The Morgan fingerprint density at radius 3 is 2.81 bits per heavy atom. The highest BCUT2D eigenvalue weighted by atomic mass is 35.5. The number of halogens is 1. The first-order valence-corrected chi connectivity index (χ1v) is 5.80. The Labute approximate surface area is 102 Å². The van der Waals surface area contributed by atoms with Crippen molar-refractivity contribution in [2.75, 3.05) is 0 Å². The summed E-state index contributed by atoms with van der Waals surface area (Å²) in [4.78, 5) is 0. The number of hydrogen-bond acceptors (Lipinski definition) is 1. The highest BCUT2D eigenvalue weighted by Gasteiger charge is 2.03. The molecule has 0 saturated heterocycles. The minimum absolute atomic E-state index is 0.0369. The monoisotopic (exact) mass is 236 g/mol. The first kappa shape index (κ1) is 13.0. The Kier molecular flexibility index (Phi) is 5.30. The van der Waals surface area contributed by atoms with Gasteiger partial charge in [-0.2, -0.15) is 0 Å². The van der Waals surface area contributed by atoms with E-state index in [-0.39, 0.29) is 6.61 Å². The number of allylic oxidation sites excluding steroid dienone is 4. The number of aliphatic hydroxyl groups is 1. The van der Waals surface area contributed by atoms with Gasteiger partial charge in [-0.05, 0) is 42.2 Å². The van der Waals surface area contributed by atoms with Crippen molar-refractivity contribution in [3.63, 3.8) is 0 Å². The van der Waals surface area contributed by atoms with E-state index >= 15 is 0 Å². The van der Waals surface area contributed by atoms with Gasteiger partial charge in [-0.15, -0.1) is 0 Å². The fourth-order valence-electron chi connectivity index (χ4n) is 1.49. The molecular weight excluding hydrogens is 220 g/mol. The predicted molar refractivity (Wildman–Crippen MR) is 70.5 cm³/mol. The summed E-state index contributed by atoms with van der Waals surface area (Å²) in [7, 11) is 0. The molecule has 0 atom stereocenters. The lowest BCUT2D eigenvalue weighted by atomic mass is 10.0. The standard InChI is InChI=1S/C14H17ClO/c1-3-4-5-6-11(2)14-9-13(15)8-7-12(14)10-16/h4-9,16H,3,10H2,1-2H3/b5-4-,11-6+. The normalized spacial score (nSPS) is 12.4. The van der Waals surface area contributed by atoms with Gasteiger partial charge in [0.15, 0.2) is 0 Å². The molecule has 1 nitrogen and oxygen atoms in total. The van der Waals surface area contributed by atoms with Crippen LogP contribution in [0.4, 0.5) is 0 Å². The molecule has 0 heterocycles. The van der Waals surface area contributed by atoms with Crippen molar-refractivity contribution in [1.29, 1.82) is 0 Å². The lowest BCUT2D eigenvalue weighted by Crippen LogP contribution is -1.91. The number of aliphatic hydroxyl groups excluding tert-OH is 1. The van der Waals surface area contributed by atoms with Crippen LogP contribution in [0.5, 0.6) is 0 Å². The van der Waals surface area contributed by atoms with Crippen molar-refractivity contribution >= 4 is 17.2 Å². The Morgan fingerprint density at radius 2 is 2.19 bits per heavy atom. The maximum Gasteiger partial charge on any atom is 0.0687 e. The van der Waals surface area contributed by atoms with E-state index in [4.69, 9.17) is 11.6 Å². The Morgan fingerprint density at radius 1 is 1.44 bits per heavy atom. The van der Waals surface area contributed by atoms with Gasteiger partial charge in [0.2, 0.25) is 0 Å². The fraction of sp³-hybridized carbons (Fsp3) is 0.286. The van der Waals surface area contributed by atoms with E-state index in [9.17, 15) is 5.11 Å². The van der Waals surface area contributed by atoms with Gasteiger partial charge in [-0.25, -0.2) is 0 Å². The van der Waals surface area contributed by atoms with Crippen LogP contribution in [0.1, 0.15) is 31.4 Å². The zero-order valence-corrected chi connectivity index (χ0v) is 10.5. The molecule has 0 saturated carbocycles.